The summed E-state index contributed by atoms with van der Waals surface area (Å²) in [5, 5.41) is 12.5. The predicted molar refractivity (Wildman–Crippen MR) is 113 cm³/mol. The second-order valence-corrected chi connectivity index (χ2v) is 8.93. The molecule has 0 aliphatic heterocycles. The molecule has 0 unspecified atom stereocenters. The smallest absolute Gasteiger partial charge is 0.210 e. The number of Topliss-reactive ketones (excluding diaryl/α,β-unsaturated/α-hetero) is 1. The van der Waals surface area contributed by atoms with Crippen LogP contribution in [0.5, 0.6) is 0 Å². The van der Waals surface area contributed by atoms with Gasteiger partial charge in [0, 0.05) is 27.9 Å². The maximum atomic E-state index is 12.1. The predicted octanol–water partition coefficient (Wildman–Crippen LogP) is 6.11. The van der Waals surface area contributed by atoms with E-state index in [2.05, 4.69) is 44.4 Å². The molecule has 1 N–H and O–H groups in total. The fourth-order valence-electron chi connectivity index (χ4n) is 2.32. The molecule has 0 saturated carbocycles. The van der Waals surface area contributed by atoms with E-state index in [1.165, 1.54) is 16.9 Å². The van der Waals surface area contributed by atoms with Gasteiger partial charge in [-0.1, -0.05) is 69.4 Å². The molecule has 0 radical (unpaired) electrons. The Hall–Kier alpha value is -1.70. The Balaban J connectivity index is 1.44. The van der Waals surface area contributed by atoms with Crippen molar-refractivity contribution in [1.82, 2.24) is 10.2 Å². The number of halogens is 1. The first kappa shape index (κ1) is 19.1. The Labute approximate surface area is 169 Å². The number of thioether (sulfide) groups is 1. The average Bonchev–Trinajstić information content (AvgIpc) is 3.08. The molecule has 0 amide bonds. The Morgan fingerprint density at radius 1 is 1.15 bits per heavy atom. The molecule has 0 fully saturated rings. The van der Waals surface area contributed by atoms with Gasteiger partial charge in [-0.2, -0.15) is 0 Å². The van der Waals surface area contributed by atoms with E-state index < -0.39 is 0 Å². The van der Waals surface area contributed by atoms with Crippen LogP contribution >= 0.6 is 39.0 Å². The van der Waals surface area contributed by atoms with Gasteiger partial charge in [-0.25, -0.2) is 0 Å². The summed E-state index contributed by atoms with van der Waals surface area (Å²) >= 11 is 6.55. The van der Waals surface area contributed by atoms with Crippen molar-refractivity contribution in [1.29, 1.82) is 0 Å². The van der Waals surface area contributed by atoms with Crippen LogP contribution in [0.3, 0.4) is 0 Å². The Morgan fingerprint density at radius 2 is 1.92 bits per heavy atom. The van der Waals surface area contributed by atoms with Crippen LogP contribution < -0.4 is 5.32 Å². The molecule has 0 aliphatic rings. The minimum absolute atomic E-state index is 0.178. The van der Waals surface area contributed by atoms with Crippen LogP contribution in [0.1, 0.15) is 28.8 Å². The Morgan fingerprint density at radius 3 is 2.69 bits per heavy atom. The molecule has 0 saturated heterocycles. The Bertz CT molecular complexity index is 881. The third-order valence-corrected chi connectivity index (χ3v) is 6.32. The fourth-order valence-corrected chi connectivity index (χ4v) is 4.36. The van der Waals surface area contributed by atoms with Gasteiger partial charge in [-0.05, 0) is 37.1 Å². The van der Waals surface area contributed by atoms with Crippen molar-refractivity contribution in [2.45, 2.75) is 24.1 Å². The molecule has 2 aromatic carbocycles. The van der Waals surface area contributed by atoms with Crippen LogP contribution in [0.15, 0.2) is 57.3 Å². The van der Waals surface area contributed by atoms with Crippen LogP contribution in [-0.2, 0) is 0 Å². The molecule has 26 heavy (non-hydrogen) atoms. The van der Waals surface area contributed by atoms with Gasteiger partial charge >= 0.3 is 0 Å². The number of hydrogen-bond donors (Lipinski definition) is 1. The van der Waals surface area contributed by atoms with E-state index in [0.717, 1.165) is 37.4 Å². The first-order valence-corrected chi connectivity index (χ1v) is 10.8. The van der Waals surface area contributed by atoms with Crippen LogP contribution in [0, 0.1) is 6.92 Å². The lowest BCUT2D eigenvalue weighted by Crippen LogP contribution is -1.99. The number of benzene rings is 2. The second-order valence-electron chi connectivity index (χ2n) is 5.70. The normalized spacial score (nSPS) is 10.7. The highest BCUT2D eigenvalue weighted by molar-refractivity contribution is 9.10. The molecule has 1 heterocycles. The highest BCUT2D eigenvalue weighted by Crippen LogP contribution is 2.29. The number of para-hydroxylation sites is 1. The first-order valence-electron chi connectivity index (χ1n) is 8.19. The largest absolute Gasteiger partial charge is 0.330 e. The Kier molecular flexibility index (Phi) is 6.82. The maximum Gasteiger partial charge on any atom is 0.210 e. The van der Waals surface area contributed by atoms with Gasteiger partial charge in [0.05, 0.1) is 0 Å². The number of anilines is 2. The van der Waals surface area contributed by atoms with Gasteiger partial charge in [-0.15, -0.1) is 10.2 Å². The number of rotatable bonds is 8. The molecule has 7 heteroatoms. The third kappa shape index (κ3) is 5.40. The van der Waals surface area contributed by atoms with E-state index in [4.69, 9.17) is 0 Å². The zero-order chi connectivity index (χ0) is 18.4. The fraction of sp³-hybridized carbons (Fsp3) is 0.211. The molecule has 134 valence electrons. The van der Waals surface area contributed by atoms with Crippen molar-refractivity contribution in [3.05, 3.63) is 64.1 Å². The van der Waals surface area contributed by atoms with Crippen molar-refractivity contribution < 1.29 is 4.79 Å². The van der Waals surface area contributed by atoms with Crippen LogP contribution in [-0.4, -0.2) is 21.7 Å². The van der Waals surface area contributed by atoms with E-state index in [1.807, 2.05) is 42.5 Å². The van der Waals surface area contributed by atoms with Gasteiger partial charge in [0.15, 0.2) is 10.1 Å². The summed E-state index contributed by atoms with van der Waals surface area (Å²) in [6.45, 7) is 2.06. The topological polar surface area (TPSA) is 54.9 Å². The molecular formula is C19H18BrN3OS2. The van der Waals surface area contributed by atoms with Crippen LogP contribution in [0.4, 0.5) is 10.8 Å². The van der Waals surface area contributed by atoms with Crippen molar-refractivity contribution in [2.24, 2.45) is 0 Å². The molecule has 0 aliphatic carbocycles. The summed E-state index contributed by atoms with van der Waals surface area (Å²) in [7, 11) is 0. The van der Waals surface area contributed by atoms with E-state index in [0.29, 0.717) is 6.42 Å². The molecule has 3 rings (SSSR count). The second kappa shape index (κ2) is 9.30. The van der Waals surface area contributed by atoms with Gasteiger partial charge in [0.2, 0.25) is 5.13 Å². The monoisotopic (exact) mass is 447 g/mol. The third-order valence-electron chi connectivity index (χ3n) is 3.73. The zero-order valence-corrected chi connectivity index (χ0v) is 17.5. The van der Waals surface area contributed by atoms with E-state index >= 15 is 0 Å². The number of nitrogens with one attached hydrogen (secondary N) is 1. The molecule has 0 atom stereocenters. The summed E-state index contributed by atoms with van der Waals surface area (Å²) in [5.74, 6) is 1.03. The summed E-state index contributed by atoms with van der Waals surface area (Å²) in [4.78, 5) is 12.1. The van der Waals surface area contributed by atoms with Gasteiger partial charge in [0.25, 0.3) is 0 Å². The number of aryl methyl sites for hydroxylation is 1. The first-order chi connectivity index (χ1) is 12.6. The summed E-state index contributed by atoms with van der Waals surface area (Å²) in [6, 6.07) is 15.6. The van der Waals surface area contributed by atoms with Crippen molar-refractivity contribution in [3.63, 3.8) is 0 Å². The van der Waals surface area contributed by atoms with Crippen molar-refractivity contribution >= 4 is 55.6 Å². The average molecular weight is 448 g/mol. The highest BCUT2D eigenvalue weighted by Gasteiger charge is 2.08. The maximum absolute atomic E-state index is 12.1. The number of aromatic nitrogens is 2. The molecule has 4 nitrogen and oxygen atoms in total. The van der Waals surface area contributed by atoms with E-state index in [9.17, 15) is 4.79 Å². The van der Waals surface area contributed by atoms with Crippen LogP contribution in [0.25, 0.3) is 0 Å². The number of carbonyl (C=O) groups excluding carboxylic acids is 1. The van der Waals surface area contributed by atoms with Crippen molar-refractivity contribution in [3.8, 4) is 0 Å². The molecule has 3 aromatic rings. The van der Waals surface area contributed by atoms with E-state index in [-0.39, 0.29) is 5.78 Å². The molecule has 1 aromatic heterocycles. The summed E-state index contributed by atoms with van der Waals surface area (Å²) in [5.41, 5.74) is 2.97. The van der Waals surface area contributed by atoms with Crippen LogP contribution in [0.2, 0.25) is 0 Å². The molecule has 0 spiro atoms. The highest BCUT2D eigenvalue weighted by atomic mass is 79.9. The molecule has 0 bridgehead atoms. The lowest BCUT2D eigenvalue weighted by Gasteiger charge is -2.04. The van der Waals surface area contributed by atoms with Gasteiger partial charge in [-0.3, -0.25) is 4.79 Å². The standard InChI is InChI=1S/C19H18BrN3OS2/c1-13-5-2-3-6-16(13)21-18-22-23-19(26-18)25-12-4-7-17(24)14-8-10-15(20)11-9-14/h2-3,5-6,8-11H,4,7,12H2,1H3,(H,21,22). The molecular weight excluding hydrogens is 430 g/mol. The number of hydrogen-bond acceptors (Lipinski definition) is 6. The van der Waals surface area contributed by atoms with Crippen molar-refractivity contribution in [2.75, 3.05) is 11.1 Å². The van der Waals surface area contributed by atoms with Gasteiger partial charge < -0.3 is 5.32 Å². The van der Waals surface area contributed by atoms with E-state index in [1.54, 1.807) is 11.8 Å². The summed E-state index contributed by atoms with van der Waals surface area (Å²) in [6.07, 6.45) is 1.36. The quantitative estimate of drug-likeness (QED) is 0.256. The SMILES string of the molecule is Cc1ccccc1Nc1nnc(SCCCC(=O)c2ccc(Br)cc2)s1. The number of nitrogens with zero attached hydrogens (tertiary/aromatic N) is 2. The lowest BCUT2D eigenvalue weighted by molar-refractivity contribution is 0.0982. The number of ketones is 1. The zero-order valence-electron chi connectivity index (χ0n) is 14.2. The number of carbonyl (C=O) groups is 1. The minimum Gasteiger partial charge on any atom is -0.330 e. The minimum atomic E-state index is 0.178. The lowest BCUT2D eigenvalue weighted by atomic mass is 10.1. The summed E-state index contributed by atoms with van der Waals surface area (Å²) < 4.78 is 1.90. The van der Waals surface area contributed by atoms with Gasteiger partial charge in [0.1, 0.15) is 0 Å².